The van der Waals surface area contributed by atoms with Gasteiger partial charge in [-0.15, -0.1) is 11.3 Å². The molecule has 3 amide bonds. The molecule has 0 saturated carbocycles. The quantitative estimate of drug-likeness (QED) is 0.214. The second kappa shape index (κ2) is 16.3. The molecule has 2 rings (SSSR count). The number of rotatable bonds is 17. The lowest BCUT2D eigenvalue weighted by Crippen LogP contribution is -2.48. The summed E-state index contributed by atoms with van der Waals surface area (Å²) in [6.07, 6.45) is 4.54. The predicted molar refractivity (Wildman–Crippen MR) is 162 cm³/mol. The van der Waals surface area contributed by atoms with Gasteiger partial charge in [0.2, 0.25) is 17.7 Å². The molecule has 212 valence electrons. The number of aliphatic carboxylic acids is 1. The number of thioether (sulfide) groups is 1. The van der Waals surface area contributed by atoms with E-state index >= 15 is 0 Å². The van der Waals surface area contributed by atoms with Crippen LogP contribution in [0.25, 0.3) is 0 Å². The minimum Gasteiger partial charge on any atom is -0.481 e. The molecule has 0 aliphatic carbocycles. The van der Waals surface area contributed by atoms with E-state index in [9.17, 15) is 19.2 Å². The Kier molecular flexibility index (Phi) is 13.6. The van der Waals surface area contributed by atoms with Gasteiger partial charge < -0.3 is 21.1 Å². The van der Waals surface area contributed by atoms with Crippen molar-refractivity contribution >= 4 is 60.3 Å². The molecule has 0 aliphatic rings. The van der Waals surface area contributed by atoms with Crippen molar-refractivity contribution in [2.45, 2.75) is 76.4 Å². The van der Waals surface area contributed by atoms with Gasteiger partial charge in [-0.25, -0.2) is 0 Å². The zero-order valence-corrected chi connectivity index (χ0v) is 24.9. The number of carboxylic acids is 1. The lowest BCUT2D eigenvalue weighted by molar-refractivity contribution is -0.137. The number of anilines is 1. The van der Waals surface area contributed by atoms with E-state index in [4.69, 9.17) is 5.11 Å². The van der Waals surface area contributed by atoms with Crippen LogP contribution in [0.5, 0.6) is 0 Å². The normalized spacial score (nSPS) is 13.2. The third-order valence-corrected chi connectivity index (χ3v) is 9.07. The zero-order chi connectivity index (χ0) is 28.8. The number of hydrogen-bond acceptors (Lipinski definition) is 6. The first-order valence-electron chi connectivity index (χ1n) is 13.4. The number of carbonyl (C=O) groups is 4. The zero-order valence-electron chi connectivity index (χ0n) is 23.3. The van der Waals surface area contributed by atoms with Crippen LogP contribution in [0.1, 0.15) is 67.7 Å². The van der Waals surface area contributed by atoms with E-state index in [0.29, 0.717) is 5.69 Å². The summed E-state index contributed by atoms with van der Waals surface area (Å²) in [5, 5.41) is 17.1. The Morgan fingerprint density at radius 3 is 2.54 bits per heavy atom. The van der Waals surface area contributed by atoms with Gasteiger partial charge in [0.25, 0.3) is 0 Å². The molecule has 4 N–H and O–H groups in total. The average Bonchev–Trinajstić information content (AvgIpc) is 3.31. The number of carboxylic acid groups (broad SMARTS) is 1. The highest BCUT2D eigenvalue weighted by molar-refractivity contribution is 8.02. The molecular weight excluding hydrogens is 533 g/mol. The number of unbranched alkanes of at least 4 members (excludes halogenated alkanes) is 1. The fraction of sp³-hybridized carbons (Fsp3) is 0.500. The maximum atomic E-state index is 13.0. The molecule has 0 fully saturated rings. The third-order valence-electron chi connectivity index (χ3n) is 6.47. The summed E-state index contributed by atoms with van der Waals surface area (Å²) in [5.41, 5.74) is 1.59. The molecule has 1 unspecified atom stereocenters. The van der Waals surface area contributed by atoms with Gasteiger partial charge in [0.1, 0.15) is 13.9 Å². The van der Waals surface area contributed by atoms with Gasteiger partial charge in [-0.1, -0.05) is 38.8 Å². The number of hydrogen-bond donors (Lipinski definition) is 4. The Morgan fingerprint density at radius 1 is 1.13 bits per heavy atom. The van der Waals surface area contributed by atoms with Crippen LogP contribution < -0.4 is 16.0 Å². The minimum atomic E-state index is -1.07. The number of carbonyl (C=O) groups excluding carboxylic acids is 3. The standard InChI is InChI=1S/C28H40BN3O5S2/c1-4-6-14-28(29,5-2)38-18-25(34)30-17-24(33)32-23(12-13-26(35)36)27(37)31-21-9-7-8-20(15-21)16-22-11-10-19(3)39-22/h7-11,15,23H,4-6,12-14,16-18,29H2,1-3H3,(H,30,34)(H,31,37)(H,32,33)(H,35,36)/t23-,28?/m0/s1. The highest BCUT2D eigenvalue weighted by Gasteiger charge is 2.24. The molecule has 1 heterocycles. The molecule has 8 nitrogen and oxygen atoms in total. The molecule has 2 aromatic rings. The summed E-state index contributed by atoms with van der Waals surface area (Å²) in [7, 11) is 2.15. The second-order valence-corrected chi connectivity index (χ2v) is 12.8. The molecule has 0 saturated heterocycles. The van der Waals surface area contributed by atoms with Crippen LogP contribution >= 0.6 is 23.1 Å². The summed E-state index contributed by atoms with van der Waals surface area (Å²) in [6.45, 7) is 6.01. The number of thiophene rings is 1. The topological polar surface area (TPSA) is 125 Å². The Balaban J connectivity index is 1.92. The second-order valence-electron chi connectivity index (χ2n) is 9.90. The molecule has 0 aliphatic heterocycles. The van der Waals surface area contributed by atoms with Crippen molar-refractivity contribution in [3.63, 3.8) is 0 Å². The first-order chi connectivity index (χ1) is 18.5. The molecule has 1 aromatic carbocycles. The summed E-state index contributed by atoms with van der Waals surface area (Å²) >= 11 is 3.30. The highest BCUT2D eigenvalue weighted by Crippen LogP contribution is 2.30. The van der Waals surface area contributed by atoms with Crippen LogP contribution in [0.4, 0.5) is 5.69 Å². The third kappa shape index (κ3) is 12.3. The van der Waals surface area contributed by atoms with Crippen molar-refractivity contribution in [3.05, 3.63) is 51.7 Å². The molecule has 0 bridgehead atoms. The van der Waals surface area contributed by atoms with Crippen LogP contribution in [-0.4, -0.2) is 59.6 Å². The monoisotopic (exact) mass is 573 g/mol. The van der Waals surface area contributed by atoms with Gasteiger partial charge in [0, 0.05) is 28.3 Å². The fourth-order valence-electron chi connectivity index (χ4n) is 3.92. The largest absolute Gasteiger partial charge is 0.481 e. The van der Waals surface area contributed by atoms with Crippen molar-refractivity contribution in [2.24, 2.45) is 0 Å². The van der Waals surface area contributed by atoms with Crippen molar-refractivity contribution in [1.82, 2.24) is 10.6 Å². The summed E-state index contributed by atoms with van der Waals surface area (Å²) < 4.78 is 0.00957. The van der Waals surface area contributed by atoms with Crippen LogP contribution in [0.2, 0.25) is 0 Å². The minimum absolute atomic E-state index is 0.00957. The average molecular weight is 574 g/mol. The summed E-state index contributed by atoms with van der Waals surface area (Å²) in [5.74, 6) is -2.14. The van der Waals surface area contributed by atoms with Crippen LogP contribution in [0.15, 0.2) is 36.4 Å². The molecule has 39 heavy (non-hydrogen) atoms. The molecule has 0 spiro atoms. The number of nitrogens with one attached hydrogen (secondary N) is 3. The maximum absolute atomic E-state index is 13.0. The van der Waals surface area contributed by atoms with Crippen molar-refractivity contribution in [1.29, 1.82) is 0 Å². The summed E-state index contributed by atoms with van der Waals surface area (Å²) in [6, 6.07) is 10.5. The SMILES string of the molecule is BC(CC)(CCCC)SCC(=O)NCC(=O)N[C@@H](CCC(=O)O)C(=O)Nc1cccc(Cc2ccc(C)s2)c1. The van der Waals surface area contributed by atoms with Crippen molar-refractivity contribution in [2.75, 3.05) is 17.6 Å². The first-order valence-corrected chi connectivity index (χ1v) is 15.2. The Morgan fingerprint density at radius 2 is 1.90 bits per heavy atom. The van der Waals surface area contributed by atoms with E-state index < -0.39 is 23.8 Å². The smallest absolute Gasteiger partial charge is 0.303 e. The van der Waals surface area contributed by atoms with Crippen molar-refractivity contribution < 1.29 is 24.3 Å². The number of benzene rings is 1. The molecule has 1 aromatic heterocycles. The highest BCUT2D eigenvalue weighted by atomic mass is 32.2. The Labute approximate surface area is 240 Å². The van der Waals surface area contributed by atoms with E-state index in [1.165, 1.54) is 9.75 Å². The predicted octanol–water partition coefficient (Wildman–Crippen LogP) is 3.71. The maximum Gasteiger partial charge on any atom is 0.303 e. The Hall–Kier alpha value is -2.79. The summed E-state index contributed by atoms with van der Waals surface area (Å²) in [4.78, 5) is 51.5. The van der Waals surface area contributed by atoms with Crippen molar-refractivity contribution in [3.8, 4) is 0 Å². The number of amides is 3. The van der Waals surface area contributed by atoms with Crippen LogP contribution in [-0.2, 0) is 25.6 Å². The first kappa shape index (κ1) is 32.4. The molecule has 2 atom stereocenters. The van der Waals surface area contributed by atoms with Gasteiger partial charge in [-0.3, -0.25) is 19.2 Å². The van der Waals surface area contributed by atoms with E-state index in [1.54, 1.807) is 29.2 Å². The van der Waals surface area contributed by atoms with E-state index in [1.807, 2.05) is 18.2 Å². The van der Waals surface area contributed by atoms with E-state index in [2.05, 4.69) is 56.7 Å². The lowest BCUT2D eigenvalue weighted by Gasteiger charge is -2.27. The van der Waals surface area contributed by atoms with Gasteiger partial charge in [-0.2, -0.15) is 11.8 Å². The van der Waals surface area contributed by atoms with Gasteiger partial charge in [0.05, 0.1) is 12.3 Å². The number of aryl methyl sites for hydroxylation is 1. The van der Waals surface area contributed by atoms with Gasteiger partial charge in [-0.05, 0) is 60.7 Å². The van der Waals surface area contributed by atoms with Gasteiger partial charge in [0.15, 0.2) is 0 Å². The van der Waals surface area contributed by atoms with Crippen LogP contribution in [0.3, 0.4) is 0 Å². The molecule has 11 heteroatoms. The molecule has 0 radical (unpaired) electrons. The lowest BCUT2D eigenvalue weighted by atomic mass is 9.80. The van der Waals surface area contributed by atoms with E-state index in [-0.39, 0.29) is 35.7 Å². The molecular formula is C28H40BN3O5S2. The van der Waals surface area contributed by atoms with E-state index in [0.717, 1.165) is 37.7 Å². The van der Waals surface area contributed by atoms with Gasteiger partial charge >= 0.3 is 5.97 Å². The Bertz CT molecular complexity index is 1130. The van der Waals surface area contributed by atoms with Crippen LogP contribution in [0, 0.1) is 6.92 Å². The fourth-order valence-corrected chi connectivity index (χ4v) is 5.92.